The lowest BCUT2D eigenvalue weighted by atomic mass is 10.0. The average Bonchev–Trinajstić information content (AvgIpc) is 3.85. The summed E-state index contributed by atoms with van der Waals surface area (Å²) in [4.78, 5) is 10.2. The molecule has 1 aliphatic carbocycles. The third-order valence-electron chi connectivity index (χ3n) is 10.6. The third-order valence-corrected chi connectivity index (χ3v) is 10.6. The number of nitrogens with zero attached hydrogens (tertiary/aromatic N) is 4. The minimum atomic E-state index is 0.700. The normalized spacial score (nSPS) is 12.2. The molecule has 3 heterocycles. The van der Waals surface area contributed by atoms with E-state index in [9.17, 15) is 0 Å². The van der Waals surface area contributed by atoms with E-state index in [1.54, 1.807) is 0 Å². The first-order chi connectivity index (χ1) is 25.3. The molecular formula is C47H30N4. The minimum absolute atomic E-state index is 0.700. The van der Waals surface area contributed by atoms with Gasteiger partial charge in [0.1, 0.15) is 0 Å². The fourth-order valence-corrected chi connectivity index (χ4v) is 8.21. The van der Waals surface area contributed by atoms with Crippen molar-refractivity contribution in [2.45, 2.75) is 6.42 Å². The summed E-state index contributed by atoms with van der Waals surface area (Å²) >= 11 is 0. The number of rotatable bonds is 4. The number of benzene rings is 7. The molecule has 10 aromatic rings. The van der Waals surface area contributed by atoms with E-state index in [-0.39, 0.29) is 0 Å². The average molecular weight is 651 g/mol. The van der Waals surface area contributed by atoms with Crippen LogP contribution in [0.1, 0.15) is 11.1 Å². The Labute approximate surface area is 294 Å². The summed E-state index contributed by atoms with van der Waals surface area (Å²) in [5, 5.41) is 4.86. The molecule has 51 heavy (non-hydrogen) atoms. The van der Waals surface area contributed by atoms with E-state index in [2.05, 4.69) is 173 Å². The summed E-state index contributed by atoms with van der Waals surface area (Å²) in [6.45, 7) is 0. The molecule has 4 nitrogen and oxygen atoms in total. The van der Waals surface area contributed by atoms with Gasteiger partial charge in [-0.2, -0.15) is 0 Å². The monoisotopic (exact) mass is 650 g/mol. The molecule has 0 N–H and O–H groups in total. The predicted octanol–water partition coefficient (Wildman–Crippen LogP) is 11.6. The van der Waals surface area contributed by atoms with Crippen LogP contribution < -0.4 is 0 Å². The highest BCUT2D eigenvalue weighted by atomic mass is 15.2. The van der Waals surface area contributed by atoms with Gasteiger partial charge < -0.3 is 4.57 Å². The molecule has 11 rings (SSSR count). The third kappa shape index (κ3) is 4.26. The van der Waals surface area contributed by atoms with Crippen LogP contribution in [0, 0.1) is 0 Å². The first kappa shape index (κ1) is 28.1. The second kappa shape index (κ2) is 10.9. The Morgan fingerprint density at radius 3 is 1.86 bits per heavy atom. The Balaban J connectivity index is 1.07. The maximum atomic E-state index is 5.22. The number of hydrogen-bond donors (Lipinski definition) is 0. The lowest BCUT2D eigenvalue weighted by molar-refractivity contribution is 0.980. The summed E-state index contributed by atoms with van der Waals surface area (Å²) in [7, 11) is 0. The van der Waals surface area contributed by atoms with Gasteiger partial charge in [0.15, 0.2) is 0 Å². The molecule has 0 atom stereocenters. The van der Waals surface area contributed by atoms with Gasteiger partial charge >= 0.3 is 0 Å². The summed E-state index contributed by atoms with van der Waals surface area (Å²) in [6.07, 6.45) is 2.89. The highest BCUT2D eigenvalue weighted by Gasteiger charge is 2.23. The lowest BCUT2D eigenvalue weighted by Gasteiger charge is -2.10. The fourth-order valence-electron chi connectivity index (χ4n) is 8.21. The second-order valence-electron chi connectivity index (χ2n) is 13.5. The topological polar surface area (TPSA) is 35.6 Å². The van der Waals surface area contributed by atoms with Gasteiger partial charge in [0.05, 0.1) is 27.8 Å². The van der Waals surface area contributed by atoms with Gasteiger partial charge in [-0.15, -0.1) is 0 Å². The van der Waals surface area contributed by atoms with E-state index >= 15 is 0 Å². The van der Waals surface area contributed by atoms with Gasteiger partial charge in [-0.05, 0) is 70.3 Å². The van der Waals surface area contributed by atoms with Crippen LogP contribution >= 0.6 is 0 Å². The van der Waals surface area contributed by atoms with Gasteiger partial charge in [0.25, 0.3) is 0 Å². The lowest BCUT2D eigenvalue weighted by Crippen LogP contribution is -2.02. The van der Waals surface area contributed by atoms with Crippen LogP contribution in [0.4, 0.5) is 0 Å². The molecule has 0 amide bonds. The summed E-state index contributed by atoms with van der Waals surface area (Å²) in [5.41, 5.74) is 15.2. The predicted molar refractivity (Wildman–Crippen MR) is 210 cm³/mol. The first-order valence-electron chi connectivity index (χ1n) is 17.5. The van der Waals surface area contributed by atoms with Crippen molar-refractivity contribution in [1.29, 1.82) is 0 Å². The number of para-hydroxylation sites is 2. The van der Waals surface area contributed by atoms with Crippen molar-refractivity contribution in [3.05, 3.63) is 181 Å². The molecule has 0 bridgehead atoms. The van der Waals surface area contributed by atoms with Gasteiger partial charge in [0, 0.05) is 51.0 Å². The second-order valence-corrected chi connectivity index (χ2v) is 13.5. The van der Waals surface area contributed by atoms with Crippen molar-refractivity contribution in [3.8, 4) is 45.1 Å². The van der Waals surface area contributed by atoms with Crippen LogP contribution in [-0.2, 0) is 6.42 Å². The quantitative estimate of drug-likeness (QED) is 0.190. The molecular weight excluding hydrogens is 621 g/mol. The molecule has 238 valence electrons. The van der Waals surface area contributed by atoms with E-state index in [0.717, 1.165) is 34.4 Å². The SMILES string of the molecule is c1ccc(-c2ccc(-n3c4ccccc4c4cc(-c5ccc6c7ccccc7n(-c7ncc8c(n7)-c7ccccc7C8)c6c5)ccc43)cc2)cc1. The van der Waals surface area contributed by atoms with E-state index in [4.69, 9.17) is 9.97 Å². The van der Waals surface area contributed by atoms with E-state index in [0.29, 0.717) is 5.95 Å². The van der Waals surface area contributed by atoms with Crippen LogP contribution in [0.15, 0.2) is 170 Å². The zero-order valence-corrected chi connectivity index (χ0v) is 27.7. The Bertz CT molecular complexity index is 2980. The minimum Gasteiger partial charge on any atom is -0.309 e. The van der Waals surface area contributed by atoms with Gasteiger partial charge in [-0.3, -0.25) is 4.57 Å². The van der Waals surface area contributed by atoms with Crippen LogP contribution in [-0.4, -0.2) is 19.1 Å². The maximum Gasteiger partial charge on any atom is 0.235 e. The van der Waals surface area contributed by atoms with Crippen LogP contribution in [0.2, 0.25) is 0 Å². The molecule has 0 spiro atoms. The number of fused-ring (bicyclic) bond motifs is 9. The van der Waals surface area contributed by atoms with Crippen LogP contribution in [0.3, 0.4) is 0 Å². The zero-order chi connectivity index (χ0) is 33.5. The molecule has 0 saturated heterocycles. The fraction of sp³-hybridized carbons (Fsp3) is 0.0213. The zero-order valence-electron chi connectivity index (χ0n) is 27.7. The largest absolute Gasteiger partial charge is 0.309 e. The van der Waals surface area contributed by atoms with Gasteiger partial charge in [0.2, 0.25) is 5.95 Å². The van der Waals surface area contributed by atoms with Gasteiger partial charge in [-0.25, -0.2) is 9.97 Å². The molecule has 4 heteroatoms. The van der Waals surface area contributed by atoms with E-state index in [1.165, 1.54) is 66.0 Å². The highest BCUT2D eigenvalue weighted by molar-refractivity contribution is 6.12. The summed E-state index contributed by atoms with van der Waals surface area (Å²) < 4.78 is 4.62. The molecule has 1 aliphatic rings. The van der Waals surface area contributed by atoms with E-state index < -0.39 is 0 Å². The van der Waals surface area contributed by atoms with E-state index in [1.807, 2.05) is 6.20 Å². The Morgan fingerprint density at radius 1 is 0.412 bits per heavy atom. The Kier molecular flexibility index (Phi) is 5.98. The number of aromatic nitrogens is 4. The van der Waals surface area contributed by atoms with Crippen LogP contribution in [0.5, 0.6) is 0 Å². The first-order valence-corrected chi connectivity index (χ1v) is 17.5. The Hall–Kier alpha value is -6.78. The molecule has 3 aromatic heterocycles. The Morgan fingerprint density at radius 2 is 1.02 bits per heavy atom. The molecule has 0 radical (unpaired) electrons. The van der Waals surface area contributed by atoms with Gasteiger partial charge in [-0.1, -0.05) is 121 Å². The molecule has 0 saturated carbocycles. The molecule has 0 aliphatic heterocycles. The van der Waals surface area contributed by atoms with Crippen molar-refractivity contribution in [2.75, 3.05) is 0 Å². The van der Waals surface area contributed by atoms with Crippen molar-refractivity contribution >= 4 is 43.6 Å². The van der Waals surface area contributed by atoms with Crippen LogP contribution in [0.25, 0.3) is 88.8 Å². The molecule has 0 unspecified atom stereocenters. The maximum absolute atomic E-state index is 5.22. The standard InChI is InChI=1S/C47H30N4/c1-2-10-30(11-3-1)31-18-22-36(23-19-31)50-42-16-8-7-15-39(42)41-27-32(21-25-44(41)50)33-20-24-40-38-14-6-9-17-43(38)51(45(40)28-33)47-48-29-35-26-34-12-4-5-13-37(34)46(35)49-47/h1-25,27-29H,26H2. The number of hydrogen-bond acceptors (Lipinski definition) is 2. The van der Waals surface area contributed by atoms with Crippen molar-refractivity contribution in [1.82, 2.24) is 19.1 Å². The molecule has 7 aromatic carbocycles. The molecule has 0 fully saturated rings. The van der Waals surface area contributed by atoms with Crippen molar-refractivity contribution in [3.63, 3.8) is 0 Å². The highest BCUT2D eigenvalue weighted by Crippen LogP contribution is 2.39. The summed E-state index contributed by atoms with van der Waals surface area (Å²) in [6, 6.07) is 59.0. The smallest absolute Gasteiger partial charge is 0.235 e. The van der Waals surface area contributed by atoms with Crippen molar-refractivity contribution < 1.29 is 0 Å². The summed E-state index contributed by atoms with van der Waals surface area (Å²) in [5.74, 6) is 0.700. The van der Waals surface area contributed by atoms with Crippen molar-refractivity contribution in [2.24, 2.45) is 0 Å².